The molecule has 12 heteroatoms. The average molecular weight is 680 g/mol. The van der Waals surface area contributed by atoms with Crippen LogP contribution in [-0.2, 0) is 37.5 Å². The van der Waals surface area contributed by atoms with Crippen molar-refractivity contribution in [3.63, 3.8) is 0 Å². The molecule has 0 aliphatic carbocycles. The molecule has 0 unspecified atom stereocenters. The van der Waals surface area contributed by atoms with Crippen LogP contribution in [0.3, 0.4) is 0 Å². The van der Waals surface area contributed by atoms with E-state index in [9.17, 15) is 22.8 Å². The van der Waals surface area contributed by atoms with Gasteiger partial charge in [0, 0.05) is 22.4 Å². The number of nitrogens with two attached hydrogens (primary N) is 1. The number of ketones is 1. The highest BCUT2D eigenvalue weighted by Gasteiger charge is 2.25. The number of ether oxygens (including phenoxy) is 1. The highest BCUT2D eigenvalue weighted by molar-refractivity contribution is 7.88. The first-order valence-corrected chi connectivity index (χ1v) is 16.6. The molecular formula is C34H28Cl2N2O7S. The number of sulfonamides is 1. The Morgan fingerprint density at radius 2 is 1.57 bits per heavy atom. The van der Waals surface area contributed by atoms with Gasteiger partial charge in [0.2, 0.25) is 21.7 Å². The predicted octanol–water partition coefficient (Wildman–Crippen LogP) is 7.03. The third-order valence-electron chi connectivity index (χ3n) is 7.16. The SMILES string of the molecule is CS(=O)(=O)N(Cc1cccc(-c2ccc3c(N)c(C(=O)c4ccc(Cl)cc4Cl)oc3c2)c1)C(=O)CCC(=O)OCc1ccccc1. The third-order valence-corrected chi connectivity index (χ3v) is 8.84. The number of nitrogen functional groups attached to an aromatic ring is 1. The van der Waals surface area contributed by atoms with Crippen LogP contribution in [-0.4, -0.2) is 36.6 Å². The van der Waals surface area contributed by atoms with Gasteiger partial charge in [-0.1, -0.05) is 77.8 Å². The van der Waals surface area contributed by atoms with Gasteiger partial charge in [-0.05, 0) is 58.7 Å². The molecule has 1 amide bonds. The van der Waals surface area contributed by atoms with Crippen LogP contribution >= 0.6 is 23.2 Å². The number of benzene rings is 4. The molecule has 4 aromatic carbocycles. The van der Waals surface area contributed by atoms with Gasteiger partial charge in [0.1, 0.15) is 12.2 Å². The van der Waals surface area contributed by atoms with Crippen molar-refractivity contribution in [2.24, 2.45) is 0 Å². The Morgan fingerprint density at radius 1 is 0.848 bits per heavy atom. The smallest absolute Gasteiger partial charge is 0.306 e. The summed E-state index contributed by atoms with van der Waals surface area (Å²) in [6.07, 6.45) is 0.339. The number of carbonyl (C=O) groups is 3. The second kappa shape index (κ2) is 13.8. The fraction of sp³-hybridized carbons (Fsp3) is 0.147. The molecule has 1 heterocycles. The third kappa shape index (κ3) is 7.59. The molecule has 0 saturated heterocycles. The number of nitrogens with zero attached hydrogens (tertiary/aromatic N) is 1. The molecule has 0 saturated carbocycles. The molecule has 236 valence electrons. The summed E-state index contributed by atoms with van der Waals surface area (Å²) in [6.45, 7) is -0.178. The van der Waals surface area contributed by atoms with E-state index >= 15 is 0 Å². The maximum atomic E-state index is 13.2. The number of hydrogen-bond acceptors (Lipinski definition) is 8. The Bertz CT molecular complexity index is 2060. The molecule has 46 heavy (non-hydrogen) atoms. The monoisotopic (exact) mass is 678 g/mol. The van der Waals surface area contributed by atoms with E-state index in [1.165, 1.54) is 12.1 Å². The van der Waals surface area contributed by atoms with Gasteiger partial charge >= 0.3 is 5.97 Å². The molecule has 0 bridgehead atoms. The van der Waals surface area contributed by atoms with E-state index in [4.69, 9.17) is 38.1 Å². The quantitative estimate of drug-likeness (QED) is 0.116. The van der Waals surface area contributed by atoms with E-state index < -0.39 is 27.7 Å². The molecular weight excluding hydrogens is 651 g/mol. The summed E-state index contributed by atoms with van der Waals surface area (Å²) in [6, 6.07) is 25.8. The molecule has 0 aliphatic rings. The Hall–Kier alpha value is -4.64. The Balaban J connectivity index is 1.31. The summed E-state index contributed by atoms with van der Waals surface area (Å²) < 4.78 is 37.0. The summed E-state index contributed by atoms with van der Waals surface area (Å²) in [5.74, 6) is -1.89. The van der Waals surface area contributed by atoms with Crippen LogP contribution in [0.4, 0.5) is 5.69 Å². The van der Waals surface area contributed by atoms with Gasteiger partial charge in [0.15, 0.2) is 5.76 Å². The number of amides is 1. The summed E-state index contributed by atoms with van der Waals surface area (Å²) in [5, 5.41) is 1.08. The minimum atomic E-state index is -3.96. The largest absolute Gasteiger partial charge is 0.461 e. The fourth-order valence-electron chi connectivity index (χ4n) is 4.81. The van der Waals surface area contributed by atoms with Crippen molar-refractivity contribution < 1.29 is 32.0 Å². The lowest BCUT2D eigenvalue weighted by Crippen LogP contribution is -2.35. The van der Waals surface area contributed by atoms with Crippen LogP contribution in [0.25, 0.3) is 22.1 Å². The number of carbonyl (C=O) groups excluding carboxylic acids is 3. The Labute approximate surface area is 275 Å². The zero-order valence-corrected chi connectivity index (χ0v) is 26.9. The van der Waals surface area contributed by atoms with Crippen LogP contribution in [0.1, 0.15) is 40.1 Å². The van der Waals surface area contributed by atoms with E-state index in [0.29, 0.717) is 32.7 Å². The molecule has 0 spiro atoms. The second-order valence-electron chi connectivity index (χ2n) is 10.5. The van der Waals surface area contributed by atoms with E-state index in [2.05, 4.69) is 0 Å². The number of esters is 1. The summed E-state index contributed by atoms with van der Waals surface area (Å²) in [5.41, 5.74) is 9.73. The van der Waals surface area contributed by atoms with E-state index in [1.54, 1.807) is 54.6 Å². The van der Waals surface area contributed by atoms with Crippen LogP contribution in [0.15, 0.2) is 95.4 Å². The Kier molecular flexibility index (Phi) is 9.81. The van der Waals surface area contributed by atoms with Crippen LogP contribution in [0.5, 0.6) is 0 Å². The molecule has 0 radical (unpaired) electrons. The fourth-order valence-corrected chi connectivity index (χ4v) is 6.15. The molecule has 5 aromatic rings. The van der Waals surface area contributed by atoms with Gasteiger partial charge in [0.25, 0.3) is 0 Å². The van der Waals surface area contributed by atoms with Gasteiger partial charge in [-0.15, -0.1) is 0 Å². The first-order chi connectivity index (χ1) is 21.9. The van der Waals surface area contributed by atoms with Gasteiger partial charge < -0.3 is 14.9 Å². The topological polar surface area (TPSA) is 137 Å². The van der Waals surface area contributed by atoms with Crippen molar-refractivity contribution in [1.82, 2.24) is 4.31 Å². The first kappa shape index (κ1) is 32.7. The number of hydrogen-bond donors (Lipinski definition) is 1. The van der Waals surface area contributed by atoms with Gasteiger partial charge in [-0.2, -0.15) is 0 Å². The standard InChI is InChI=1S/C34H28Cl2N2O7S/c1-46(42,43)38(30(39)14-15-31(40)44-20-21-6-3-2-4-7-21)19-22-8-5-9-23(16-22)24-10-12-27-29(17-24)45-34(32(27)37)33(41)26-13-11-25(35)18-28(26)36/h2-13,16-18H,14-15,19-20,37H2,1H3. The second-order valence-corrected chi connectivity index (χ2v) is 13.3. The summed E-state index contributed by atoms with van der Waals surface area (Å²) in [7, 11) is -3.96. The summed E-state index contributed by atoms with van der Waals surface area (Å²) in [4.78, 5) is 38.4. The van der Waals surface area contributed by atoms with Gasteiger partial charge in [0.05, 0.1) is 29.9 Å². The highest BCUT2D eigenvalue weighted by atomic mass is 35.5. The number of anilines is 1. The minimum Gasteiger partial charge on any atom is -0.461 e. The van der Waals surface area contributed by atoms with Crippen LogP contribution < -0.4 is 5.73 Å². The van der Waals surface area contributed by atoms with Gasteiger partial charge in [-0.3, -0.25) is 14.4 Å². The maximum absolute atomic E-state index is 13.2. The van der Waals surface area contributed by atoms with Crippen molar-refractivity contribution in [2.75, 3.05) is 12.0 Å². The number of furan rings is 1. The molecule has 0 atom stereocenters. The molecule has 9 nitrogen and oxygen atoms in total. The Morgan fingerprint density at radius 3 is 2.28 bits per heavy atom. The van der Waals surface area contributed by atoms with Crippen molar-refractivity contribution in [3.8, 4) is 11.1 Å². The van der Waals surface area contributed by atoms with Crippen molar-refractivity contribution >= 4 is 67.5 Å². The normalized spacial score (nSPS) is 11.4. The minimum absolute atomic E-state index is 0.0567. The zero-order valence-electron chi connectivity index (χ0n) is 24.5. The van der Waals surface area contributed by atoms with Gasteiger partial charge in [-0.25, -0.2) is 12.7 Å². The lowest BCUT2D eigenvalue weighted by molar-refractivity contribution is -0.146. The van der Waals surface area contributed by atoms with Crippen molar-refractivity contribution in [3.05, 3.63) is 123 Å². The summed E-state index contributed by atoms with van der Waals surface area (Å²) >= 11 is 12.2. The van der Waals surface area contributed by atoms with Crippen LogP contribution in [0, 0.1) is 0 Å². The predicted molar refractivity (Wildman–Crippen MR) is 177 cm³/mol. The molecule has 5 rings (SSSR count). The van der Waals surface area contributed by atoms with Crippen molar-refractivity contribution in [1.29, 1.82) is 0 Å². The zero-order chi connectivity index (χ0) is 33.0. The van der Waals surface area contributed by atoms with Crippen LogP contribution in [0.2, 0.25) is 10.0 Å². The van der Waals surface area contributed by atoms with E-state index in [1.807, 2.05) is 24.3 Å². The lowest BCUT2D eigenvalue weighted by atomic mass is 10.0. The van der Waals surface area contributed by atoms with E-state index in [-0.39, 0.29) is 48.0 Å². The first-order valence-electron chi connectivity index (χ1n) is 14.0. The molecule has 0 aliphatic heterocycles. The average Bonchev–Trinajstić information content (AvgIpc) is 3.36. The maximum Gasteiger partial charge on any atom is 0.306 e. The number of halogens is 2. The van der Waals surface area contributed by atoms with E-state index in [0.717, 1.165) is 16.1 Å². The number of rotatable bonds is 11. The highest BCUT2D eigenvalue weighted by Crippen LogP contribution is 2.35. The lowest BCUT2D eigenvalue weighted by Gasteiger charge is -2.21. The number of fused-ring (bicyclic) bond motifs is 1. The molecule has 2 N–H and O–H groups in total. The molecule has 0 fully saturated rings. The van der Waals surface area contributed by atoms with Crippen molar-refractivity contribution in [2.45, 2.75) is 26.0 Å². The molecule has 1 aromatic heterocycles.